The van der Waals surface area contributed by atoms with Crippen molar-refractivity contribution in [2.45, 2.75) is 12.4 Å². The summed E-state index contributed by atoms with van der Waals surface area (Å²) < 4.78 is 79.3. The third-order valence-corrected chi connectivity index (χ3v) is 1.87. The Balaban J connectivity index is 2.45. The normalized spacial score (nSPS) is 11.9. The van der Waals surface area contributed by atoms with Crippen molar-refractivity contribution in [2.75, 3.05) is 18.5 Å². The third kappa shape index (κ3) is 7.90. The average Bonchev–Trinajstić information content (AvgIpc) is 2.34. The number of anilines is 1. The van der Waals surface area contributed by atoms with Gasteiger partial charge in [0.2, 0.25) is 0 Å². The molecule has 0 aliphatic heterocycles. The number of carbonyl (C=O) groups excluding carboxylic acids is 1. The van der Waals surface area contributed by atoms with Gasteiger partial charge in [-0.1, -0.05) is 0 Å². The summed E-state index contributed by atoms with van der Waals surface area (Å²) in [7, 11) is 0. The van der Waals surface area contributed by atoms with Crippen LogP contribution in [0.1, 0.15) is 0 Å². The molecular formula is C11H9F6NO3. The number of benzene rings is 1. The van der Waals surface area contributed by atoms with Crippen LogP contribution < -0.4 is 10.1 Å². The first-order chi connectivity index (χ1) is 9.55. The molecule has 0 spiro atoms. The number of halogens is 6. The van der Waals surface area contributed by atoms with E-state index in [-0.39, 0.29) is 11.4 Å². The summed E-state index contributed by atoms with van der Waals surface area (Å²) in [6, 6.07) is 4.54. The number of hydrogen-bond donors (Lipinski definition) is 1. The van der Waals surface area contributed by atoms with Crippen LogP contribution in [0.4, 0.5) is 36.8 Å². The molecule has 0 aliphatic carbocycles. The first-order valence-electron chi connectivity index (χ1n) is 5.35. The molecule has 10 heteroatoms. The summed E-state index contributed by atoms with van der Waals surface area (Å²) >= 11 is 0. The van der Waals surface area contributed by atoms with Crippen LogP contribution >= 0.6 is 0 Å². The van der Waals surface area contributed by atoms with E-state index in [1.165, 1.54) is 0 Å². The van der Waals surface area contributed by atoms with Gasteiger partial charge in [-0.15, -0.1) is 0 Å². The van der Waals surface area contributed by atoms with Gasteiger partial charge in [0.05, 0.1) is 0 Å². The summed E-state index contributed by atoms with van der Waals surface area (Å²) in [6.45, 7) is -3.22. The van der Waals surface area contributed by atoms with Crippen LogP contribution in [0.25, 0.3) is 0 Å². The van der Waals surface area contributed by atoms with E-state index in [0.29, 0.717) is 0 Å². The van der Waals surface area contributed by atoms with Crippen molar-refractivity contribution in [3.8, 4) is 5.75 Å². The summed E-state index contributed by atoms with van der Waals surface area (Å²) in [5.41, 5.74) is 0.0431. The second-order valence-corrected chi connectivity index (χ2v) is 3.74. The molecular weight excluding hydrogens is 308 g/mol. The van der Waals surface area contributed by atoms with E-state index in [0.717, 1.165) is 24.3 Å². The molecule has 0 atom stereocenters. The molecule has 0 aromatic heterocycles. The van der Waals surface area contributed by atoms with Gasteiger partial charge in [-0.3, -0.25) is 5.32 Å². The minimum atomic E-state index is -4.65. The summed E-state index contributed by atoms with van der Waals surface area (Å²) in [5.74, 6) is -0.110. The zero-order valence-corrected chi connectivity index (χ0v) is 10.2. The Labute approximate surface area is 114 Å². The smallest absolute Gasteiger partial charge is 0.422 e. The van der Waals surface area contributed by atoms with Crippen molar-refractivity contribution in [3.05, 3.63) is 24.3 Å². The van der Waals surface area contributed by atoms with E-state index in [2.05, 4.69) is 9.47 Å². The first kappa shape index (κ1) is 16.9. The number of hydrogen-bond acceptors (Lipinski definition) is 3. The summed E-state index contributed by atoms with van der Waals surface area (Å²) in [4.78, 5) is 11.0. The van der Waals surface area contributed by atoms with E-state index in [9.17, 15) is 31.1 Å². The molecule has 0 saturated carbocycles. The number of amides is 1. The van der Waals surface area contributed by atoms with Gasteiger partial charge < -0.3 is 9.47 Å². The summed E-state index contributed by atoms with van der Waals surface area (Å²) in [6.07, 6.45) is -10.5. The molecule has 0 radical (unpaired) electrons. The Bertz CT molecular complexity index is 468. The van der Waals surface area contributed by atoms with Crippen molar-refractivity contribution in [1.29, 1.82) is 0 Å². The fourth-order valence-corrected chi connectivity index (χ4v) is 1.10. The second-order valence-electron chi connectivity index (χ2n) is 3.74. The van der Waals surface area contributed by atoms with Crippen LogP contribution in [0.3, 0.4) is 0 Å². The molecule has 4 nitrogen and oxygen atoms in total. The molecule has 0 bridgehead atoms. The lowest BCUT2D eigenvalue weighted by molar-refractivity contribution is -0.159. The van der Waals surface area contributed by atoms with Crippen LogP contribution in [0.5, 0.6) is 5.75 Å². The Kier molecular flexibility index (Phi) is 5.28. The molecule has 1 aromatic rings. The largest absolute Gasteiger partial charge is 0.484 e. The van der Waals surface area contributed by atoms with Crippen molar-refractivity contribution in [3.63, 3.8) is 0 Å². The Morgan fingerprint density at radius 1 is 0.952 bits per heavy atom. The van der Waals surface area contributed by atoms with Crippen LogP contribution in [-0.2, 0) is 4.74 Å². The second kappa shape index (κ2) is 6.55. The van der Waals surface area contributed by atoms with E-state index >= 15 is 0 Å². The van der Waals surface area contributed by atoms with Crippen molar-refractivity contribution in [1.82, 2.24) is 0 Å². The Morgan fingerprint density at radius 2 is 1.48 bits per heavy atom. The lowest BCUT2D eigenvalue weighted by Crippen LogP contribution is -2.23. The minimum Gasteiger partial charge on any atom is -0.484 e. The van der Waals surface area contributed by atoms with Gasteiger partial charge in [0.25, 0.3) is 0 Å². The molecule has 1 rings (SSSR count). The number of ether oxygens (including phenoxy) is 2. The number of nitrogens with one attached hydrogen (secondary N) is 1. The standard InChI is InChI=1S/C11H9F6NO3/c12-10(13,14)5-20-8-3-1-7(2-4-8)18-9(19)21-6-11(15,16)17/h1-4H,5-6H2,(H,18,19). The van der Waals surface area contributed by atoms with Gasteiger partial charge in [-0.25, -0.2) is 4.79 Å². The van der Waals surface area contributed by atoms with Gasteiger partial charge in [0.1, 0.15) is 5.75 Å². The van der Waals surface area contributed by atoms with Crippen LogP contribution in [0.15, 0.2) is 24.3 Å². The highest BCUT2D eigenvalue weighted by Gasteiger charge is 2.30. The third-order valence-electron chi connectivity index (χ3n) is 1.87. The van der Waals surface area contributed by atoms with E-state index in [1.54, 1.807) is 0 Å². The van der Waals surface area contributed by atoms with Gasteiger partial charge >= 0.3 is 18.4 Å². The molecule has 0 saturated heterocycles. The van der Waals surface area contributed by atoms with Crippen LogP contribution in [0, 0.1) is 0 Å². The highest BCUT2D eigenvalue weighted by molar-refractivity contribution is 5.84. The molecule has 0 aliphatic rings. The molecule has 0 fully saturated rings. The summed E-state index contributed by atoms with van der Waals surface area (Å²) in [5, 5.41) is 1.98. The minimum absolute atomic E-state index is 0.0431. The first-order valence-corrected chi connectivity index (χ1v) is 5.35. The zero-order valence-electron chi connectivity index (χ0n) is 10.2. The van der Waals surface area contributed by atoms with E-state index in [4.69, 9.17) is 0 Å². The van der Waals surface area contributed by atoms with Gasteiger partial charge in [0.15, 0.2) is 13.2 Å². The quantitative estimate of drug-likeness (QED) is 0.861. The topological polar surface area (TPSA) is 47.6 Å². The molecule has 0 unspecified atom stereocenters. The molecule has 1 aromatic carbocycles. The predicted molar refractivity (Wildman–Crippen MR) is 59.0 cm³/mol. The fraction of sp³-hybridized carbons (Fsp3) is 0.364. The maximum atomic E-state index is 11.9. The zero-order chi connectivity index (χ0) is 16.1. The van der Waals surface area contributed by atoms with E-state index < -0.39 is 31.7 Å². The number of carbonyl (C=O) groups is 1. The monoisotopic (exact) mass is 317 g/mol. The Hall–Kier alpha value is -2.13. The lowest BCUT2D eigenvalue weighted by Gasteiger charge is -2.11. The molecule has 0 heterocycles. The maximum Gasteiger partial charge on any atom is 0.422 e. The Morgan fingerprint density at radius 3 is 1.95 bits per heavy atom. The number of rotatable bonds is 4. The highest BCUT2D eigenvalue weighted by atomic mass is 19.4. The van der Waals surface area contributed by atoms with Crippen molar-refractivity contribution >= 4 is 11.8 Å². The molecule has 1 N–H and O–H groups in total. The molecule has 1 amide bonds. The SMILES string of the molecule is O=C(Nc1ccc(OCC(F)(F)F)cc1)OCC(F)(F)F. The lowest BCUT2D eigenvalue weighted by atomic mass is 10.3. The molecule has 118 valence electrons. The maximum absolute atomic E-state index is 11.9. The van der Waals surface area contributed by atoms with Crippen LogP contribution in [0.2, 0.25) is 0 Å². The molecule has 21 heavy (non-hydrogen) atoms. The van der Waals surface area contributed by atoms with Crippen molar-refractivity contribution in [2.24, 2.45) is 0 Å². The van der Waals surface area contributed by atoms with Gasteiger partial charge in [-0.2, -0.15) is 26.3 Å². The van der Waals surface area contributed by atoms with Crippen LogP contribution in [-0.4, -0.2) is 31.7 Å². The van der Waals surface area contributed by atoms with Crippen molar-refractivity contribution < 1.29 is 40.6 Å². The van der Waals surface area contributed by atoms with Gasteiger partial charge in [-0.05, 0) is 24.3 Å². The average molecular weight is 317 g/mol. The predicted octanol–water partition coefficient (Wildman–Crippen LogP) is 3.74. The van der Waals surface area contributed by atoms with E-state index in [1.807, 2.05) is 5.32 Å². The van der Waals surface area contributed by atoms with Gasteiger partial charge in [0, 0.05) is 5.69 Å². The highest BCUT2D eigenvalue weighted by Crippen LogP contribution is 2.20. The number of alkyl halides is 6. The fourth-order valence-electron chi connectivity index (χ4n) is 1.10.